The maximum absolute atomic E-state index is 12.9. The molecule has 0 unspecified atom stereocenters. The van der Waals surface area contributed by atoms with Gasteiger partial charge in [-0.15, -0.1) is 5.10 Å². The number of aromatic nitrogens is 2. The van der Waals surface area contributed by atoms with Gasteiger partial charge in [0.25, 0.3) is 0 Å². The van der Waals surface area contributed by atoms with E-state index in [-0.39, 0.29) is 9.92 Å². The molecule has 1 aliphatic carbocycles. The van der Waals surface area contributed by atoms with Gasteiger partial charge in [0.1, 0.15) is 4.90 Å². The number of halogens is 2. The van der Waals surface area contributed by atoms with Crippen LogP contribution in [-0.4, -0.2) is 49.1 Å². The van der Waals surface area contributed by atoms with Crippen molar-refractivity contribution in [1.29, 1.82) is 0 Å². The molecule has 26 heavy (non-hydrogen) atoms. The third-order valence-corrected chi connectivity index (χ3v) is 7.50. The van der Waals surface area contributed by atoms with Gasteiger partial charge in [0, 0.05) is 31.2 Å². The molecule has 1 saturated heterocycles. The predicted molar refractivity (Wildman–Crippen MR) is 101 cm³/mol. The van der Waals surface area contributed by atoms with Crippen LogP contribution in [0, 0.1) is 0 Å². The standard InChI is InChI=1S/C17H18Cl2N4O2S/c18-13-4-5-14(19)16(11-13)26(24,25)23-8-6-22(7-9-23)17-10-12-2-1-3-15(12)20-21-17/h4-5,10-11H,1-3,6-9H2. The van der Waals surface area contributed by atoms with Crippen molar-refractivity contribution in [2.45, 2.75) is 24.2 Å². The van der Waals surface area contributed by atoms with Crippen molar-refractivity contribution in [3.8, 4) is 0 Å². The molecule has 0 amide bonds. The largest absolute Gasteiger partial charge is 0.352 e. The lowest BCUT2D eigenvalue weighted by Crippen LogP contribution is -2.49. The Kier molecular flexibility index (Phi) is 4.81. The molecule has 0 saturated carbocycles. The van der Waals surface area contributed by atoms with Crippen molar-refractivity contribution in [1.82, 2.24) is 14.5 Å². The highest BCUT2D eigenvalue weighted by atomic mass is 35.5. The molecule has 0 spiro atoms. The van der Waals surface area contributed by atoms with Gasteiger partial charge in [0.05, 0.1) is 10.7 Å². The summed E-state index contributed by atoms with van der Waals surface area (Å²) in [7, 11) is -3.68. The first-order chi connectivity index (χ1) is 12.4. The molecule has 0 radical (unpaired) electrons. The SMILES string of the molecule is O=S(=O)(c1cc(Cl)ccc1Cl)N1CCN(c2cc3c(nn2)CCC3)CC1. The molecule has 1 aromatic carbocycles. The van der Waals surface area contributed by atoms with Crippen LogP contribution in [0.2, 0.25) is 10.0 Å². The quantitative estimate of drug-likeness (QED) is 0.774. The third-order valence-electron chi connectivity index (χ3n) is 4.88. The van der Waals surface area contributed by atoms with Crippen LogP contribution in [0.3, 0.4) is 0 Å². The van der Waals surface area contributed by atoms with E-state index in [9.17, 15) is 8.42 Å². The Morgan fingerprint density at radius 1 is 0.962 bits per heavy atom. The fraction of sp³-hybridized carbons (Fsp3) is 0.412. The first-order valence-electron chi connectivity index (χ1n) is 8.51. The minimum atomic E-state index is -3.68. The van der Waals surface area contributed by atoms with E-state index >= 15 is 0 Å². The number of hydrogen-bond acceptors (Lipinski definition) is 5. The molecule has 1 fully saturated rings. The van der Waals surface area contributed by atoms with Crippen LogP contribution in [0.25, 0.3) is 0 Å². The maximum Gasteiger partial charge on any atom is 0.244 e. The van der Waals surface area contributed by atoms with Gasteiger partial charge in [0.15, 0.2) is 5.82 Å². The van der Waals surface area contributed by atoms with E-state index in [1.807, 2.05) is 0 Å². The fourth-order valence-electron chi connectivity index (χ4n) is 3.44. The number of fused-ring (bicyclic) bond motifs is 1. The van der Waals surface area contributed by atoms with Crippen molar-refractivity contribution in [3.05, 3.63) is 45.6 Å². The summed E-state index contributed by atoms with van der Waals surface area (Å²) in [5.41, 5.74) is 2.35. The van der Waals surface area contributed by atoms with Crippen LogP contribution in [0.4, 0.5) is 5.82 Å². The Morgan fingerprint density at radius 2 is 1.73 bits per heavy atom. The Bertz CT molecular complexity index is 944. The van der Waals surface area contributed by atoms with Gasteiger partial charge in [-0.3, -0.25) is 0 Å². The number of aryl methyl sites for hydroxylation is 2. The highest BCUT2D eigenvalue weighted by Crippen LogP contribution is 2.29. The van der Waals surface area contributed by atoms with Gasteiger partial charge in [-0.2, -0.15) is 9.40 Å². The van der Waals surface area contributed by atoms with Gasteiger partial charge in [-0.05, 0) is 49.1 Å². The number of piperazine rings is 1. The maximum atomic E-state index is 12.9. The number of benzene rings is 1. The first-order valence-corrected chi connectivity index (χ1v) is 10.7. The highest BCUT2D eigenvalue weighted by Gasteiger charge is 2.31. The molecule has 0 bridgehead atoms. The average Bonchev–Trinajstić information content (AvgIpc) is 3.11. The third kappa shape index (κ3) is 3.29. The molecule has 9 heteroatoms. The van der Waals surface area contributed by atoms with E-state index in [0.29, 0.717) is 31.2 Å². The predicted octanol–water partition coefficient (Wildman–Crippen LogP) is 2.78. The van der Waals surface area contributed by atoms with Gasteiger partial charge in [0.2, 0.25) is 10.0 Å². The van der Waals surface area contributed by atoms with E-state index in [1.54, 1.807) is 6.07 Å². The summed E-state index contributed by atoms with van der Waals surface area (Å²) in [6.07, 6.45) is 3.16. The summed E-state index contributed by atoms with van der Waals surface area (Å²) in [4.78, 5) is 2.13. The van der Waals surface area contributed by atoms with Gasteiger partial charge in [-0.1, -0.05) is 23.2 Å². The second-order valence-corrected chi connectivity index (χ2v) is 9.24. The number of rotatable bonds is 3. The van der Waals surface area contributed by atoms with Crippen LogP contribution < -0.4 is 4.90 Å². The lowest BCUT2D eigenvalue weighted by atomic mass is 10.2. The second kappa shape index (κ2) is 6.96. The number of anilines is 1. The van der Waals surface area contributed by atoms with Gasteiger partial charge >= 0.3 is 0 Å². The Balaban J connectivity index is 1.50. The van der Waals surface area contributed by atoms with Crippen molar-refractivity contribution in [2.24, 2.45) is 0 Å². The molecule has 0 N–H and O–H groups in total. The summed E-state index contributed by atoms with van der Waals surface area (Å²) in [5.74, 6) is 0.823. The second-order valence-electron chi connectivity index (χ2n) is 6.49. The fourth-order valence-corrected chi connectivity index (χ4v) is 5.60. The first kappa shape index (κ1) is 18.0. The Hall–Kier alpha value is -1.41. The Morgan fingerprint density at radius 3 is 2.50 bits per heavy atom. The van der Waals surface area contributed by atoms with E-state index in [1.165, 1.54) is 22.0 Å². The van der Waals surface area contributed by atoms with E-state index < -0.39 is 10.0 Å². The van der Waals surface area contributed by atoms with E-state index in [4.69, 9.17) is 23.2 Å². The summed E-state index contributed by atoms with van der Waals surface area (Å²) < 4.78 is 27.2. The smallest absolute Gasteiger partial charge is 0.244 e. The molecule has 0 atom stereocenters. The number of nitrogens with zero attached hydrogens (tertiary/aromatic N) is 4. The van der Waals surface area contributed by atoms with Crippen LogP contribution in [-0.2, 0) is 22.9 Å². The minimum Gasteiger partial charge on any atom is -0.352 e. The normalized spacial score (nSPS) is 18.2. The van der Waals surface area contributed by atoms with Crippen molar-refractivity contribution >= 4 is 39.0 Å². The van der Waals surface area contributed by atoms with Crippen LogP contribution in [0.5, 0.6) is 0 Å². The number of hydrogen-bond donors (Lipinski definition) is 0. The highest BCUT2D eigenvalue weighted by molar-refractivity contribution is 7.89. The van der Waals surface area contributed by atoms with Gasteiger partial charge in [-0.25, -0.2) is 8.42 Å². The van der Waals surface area contributed by atoms with Crippen molar-refractivity contribution < 1.29 is 8.42 Å². The molecule has 1 aromatic heterocycles. The monoisotopic (exact) mass is 412 g/mol. The zero-order valence-corrected chi connectivity index (χ0v) is 16.4. The molecule has 138 valence electrons. The zero-order chi connectivity index (χ0) is 18.3. The molecule has 2 heterocycles. The Labute approximate surface area is 162 Å². The lowest BCUT2D eigenvalue weighted by molar-refractivity contribution is 0.383. The molecule has 4 rings (SSSR count). The number of sulfonamides is 1. The molecule has 2 aliphatic rings. The van der Waals surface area contributed by atoms with Gasteiger partial charge < -0.3 is 4.90 Å². The molecule has 1 aliphatic heterocycles. The molecule has 6 nitrogen and oxygen atoms in total. The van der Waals surface area contributed by atoms with Crippen LogP contribution >= 0.6 is 23.2 Å². The summed E-state index contributed by atoms with van der Waals surface area (Å²) >= 11 is 12.0. The minimum absolute atomic E-state index is 0.0532. The summed E-state index contributed by atoms with van der Waals surface area (Å²) in [5, 5.41) is 9.16. The summed E-state index contributed by atoms with van der Waals surface area (Å²) in [6.45, 7) is 1.85. The topological polar surface area (TPSA) is 66.4 Å². The molecular weight excluding hydrogens is 395 g/mol. The van der Waals surface area contributed by atoms with E-state index in [0.717, 1.165) is 30.8 Å². The lowest BCUT2D eigenvalue weighted by Gasteiger charge is -2.34. The molecule has 2 aromatic rings. The van der Waals surface area contributed by atoms with Crippen molar-refractivity contribution in [2.75, 3.05) is 31.1 Å². The van der Waals surface area contributed by atoms with Crippen LogP contribution in [0.1, 0.15) is 17.7 Å². The van der Waals surface area contributed by atoms with E-state index in [2.05, 4.69) is 21.2 Å². The zero-order valence-electron chi connectivity index (χ0n) is 14.0. The van der Waals surface area contributed by atoms with Crippen LogP contribution in [0.15, 0.2) is 29.2 Å². The average molecular weight is 413 g/mol. The molecular formula is C17H18Cl2N4O2S. The summed E-state index contributed by atoms with van der Waals surface area (Å²) in [6, 6.07) is 6.57. The van der Waals surface area contributed by atoms with Crippen molar-refractivity contribution in [3.63, 3.8) is 0 Å².